The first-order chi connectivity index (χ1) is 13.1. The second-order valence-electron chi connectivity index (χ2n) is 8.03. The van der Waals surface area contributed by atoms with Crippen LogP contribution in [0.2, 0.25) is 0 Å². The van der Waals surface area contributed by atoms with E-state index < -0.39 is 16.0 Å². The highest BCUT2D eigenvalue weighted by atomic mass is 32.3. The lowest BCUT2D eigenvalue weighted by molar-refractivity contribution is -0.136. The number of carboxylic acid groups (broad SMARTS) is 1. The van der Waals surface area contributed by atoms with E-state index in [1.54, 1.807) is 0 Å². The smallest absolute Gasteiger partial charge is 0.303 e. The third-order valence-electron chi connectivity index (χ3n) is 5.35. The summed E-state index contributed by atoms with van der Waals surface area (Å²) < 4.78 is 0. The van der Waals surface area contributed by atoms with Crippen LogP contribution in [0.1, 0.15) is 24.0 Å². The maximum Gasteiger partial charge on any atom is 0.303 e. The highest BCUT2D eigenvalue weighted by molar-refractivity contribution is 8.32. The van der Waals surface area contributed by atoms with Crippen LogP contribution in [0.15, 0.2) is 52.3 Å². The van der Waals surface area contributed by atoms with Gasteiger partial charge in [0.05, 0.1) is 0 Å². The fourth-order valence-electron chi connectivity index (χ4n) is 3.69. The van der Waals surface area contributed by atoms with Crippen molar-refractivity contribution < 1.29 is 9.90 Å². The summed E-state index contributed by atoms with van der Waals surface area (Å²) in [6.07, 6.45) is 7.50. The molecule has 0 unspecified atom stereocenters. The molecular weight excluding hydrogens is 368 g/mol. The zero-order valence-electron chi connectivity index (χ0n) is 17.6. The van der Waals surface area contributed by atoms with Gasteiger partial charge in [-0.25, -0.2) is 0 Å². The Kier molecular flexibility index (Phi) is 5.48. The Morgan fingerprint density at radius 2 is 1.39 bits per heavy atom. The van der Waals surface area contributed by atoms with Gasteiger partial charge in [-0.1, -0.05) is 18.2 Å². The molecule has 2 aromatic carbocycles. The molecule has 1 aliphatic rings. The number of allylic oxidation sites excluding steroid dienone is 1. The van der Waals surface area contributed by atoms with Crippen molar-refractivity contribution in [1.82, 2.24) is 0 Å². The Labute approximate surface area is 169 Å². The predicted octanol–water partition coefficient (Wildman–Crippen LogP) is 4.91. The lowest BCUT2D eigenvalue weighted by Gasteiger charge is -2.42. The Balaban J connectivity index is 2.24. The average Bonchev–Trinajstić information content (AvgIpc) is 2.63. The quantitative estimate of drug-likeness (QED) is 0.777. The number of carbonyl (C=O) groups is 1. The van der Waals surface area contributed by atoms with Crippen molar-refractivity contribution in [2.24, 2.45) is 0 Å². The molecule has 4 nitrogen and oxygen atoms in total. The molecule has 150 valence electrons. The molecule has 0 aromatic heterocycles. The molecule has 0 atom stereocenters. The van der Waals surface area contributed by atoms with Gasteiger partial charge in [0.2, 0.25) is 0 Å². The summed E-state index contributed by atoms with van der Waals surface area (Å²) in [5.74, 6) is -0.759. The molecular formula is C23H30N2O2S. The van der Waals surface area contributed by atoms with Crippen LogP contribution in [0.5, 0.6) is 0 Å². The van der Waals surface area contributed by atoms with E-state index in [0.717, 1.165) is 5.57 Å². The molecule has 0 aliphatic carbocycles. The maximum atomic E-state index is 11.0. The minimum absolute atomic E-state index is 0.149. The Morgan fingerprint density at radius 1 is 0.929 bits per heavy atom. The van der Waals surface area contributed by atoms with Crippen LogP contribution in [-0.2, 0) is 4.79 Å². The molecule has 3 rings (SSSR count). The third kappa shape index (κ3) is 3.63. The monoisotopic (exact) mass is 398 g/mol. The van der Waals surface area contributed by atoms with E-state index in [1.807, 2.05) is 0 Å². The molecule has 0 fully saturated rings. The minimum Gasteiger partial charge on any atom is -0.481 e. The highest BCUT2D eigenvalue weighted by Gasteiger charge is 2.32. The van der Waals surface area contributed by atoms with Gasteiger partial charge in [0.25, 0.3) is 0 Å². The van der Waals surface area contributed by atoms with Gasteiger partial charge in [-0.2, -0.15) is 10.0 Å². The molecule has 1 heterocycles. The lowest BCUT2D eigenvalue weighted by atomic mass is 9.95. The van der Waals surface area contributed by atoms with Gasteiger partial charge in [-0.05, 0) is 59.9 Å². The zero-order chi connectivity index (χ0) is 20.6. The van der Waals surface area contributed by atoms with Crippen LogP contribution >= 0.6 is 10.0 Å². The van der Waals surface area contributed by atoms with Crippen LogP contribution in [0.3, 0.4) is 0 Å². The van der Waals surface area contributed by atoms with E-state index in [1.165, 1.54) is 32.3 Å². The van der Waals surface area contributed by atoms with Gasteiger partial charge in [0.1, 0.15) is 0 Å². The van der Waals surface area contributed by atoms with Crippen molar-refractivity contribution in [2.45, 2.75) is 22.6 Å². The summed E-state index contributed by atoms with van der Waals surface area (Å²) in [4.78, 5) is 18.0. The molecule has 5 heteroatoms. The summed E-state index contributed by atoms with van der Waals surface area (Å²) >= 11 is 0. The highest BCUT2D eigenvalue weighted by Crippen LogP contribution is 2.65. The number of hydrogen-bond acceptors (Lipinski definition) is 3. The molecule has 0 bridgehead atoms. The normalized spacial score (nSPS) is 15.3. The van der Waals surface area contributed by atoms with Crippen LogP contribution in [-0.4, -0.2) is 51.8 Å². The van der Waals surface area contributed by atoms with Gasteiger partial charge >= 0.3 is 5.97 Å². The standard InChI is InChI=1S/C23H30N2O2S/c1-24(2)16-10-12-19-18(8-7-9-23(26)27)20-13-11-17(25(3)4)15-22(20)28(5,6)21(19)14-16/h8,10-15H,7,9H2,1-6H3,(H,26,27). The van der Waals surface area contributed by atoms with Crippen LogP contribution in [0.4, 0.5) is 11.4 Å². The van der Waals surface area contributed by atoms with Crippen molar-refractivity contribution in [2.75, 3.05) is 50.5 Å². The number of anilines is 2. The summed E-state index contributed by atoms with van der Waals surface area (Å²) in [7, 11) is 7.06. The van der Waals surface area contributed by atoms with Crippen molar-refractivity contribution >= 4 is 32.9 Å². The van der Waals surface area contributed by atoms with Gasteiger partial charge < -0.3 is 14.9 Å². The SMILES string of the molecule is CN(C)c1ccc2c(c1)S(C)(C)c1cc(N(C)C)ccc1C2=CCCC(=O)O. The van der Waals surface area contributed by atoms with Gasteiger partial charge in [0.15, 0.2) is 0 Å². The number of rotatable bonds is 5. The third-order valence-corrected chi connectivity index (χ3v) is 8.22. The molecule has 1 N–H and O–H groups in total. The van der Waals surface area contributed by atoms with E-state index in [9.17, 15) is 4.79 Å². The first-order valence-corrected chi connectivity index (χ1v) is 11.9. The fraction of sp³-hybridized carbons (Fsp3) is 0.348. The first kappa shape index (κ1) is 20.3. The number of benzene rings is 2. The Hall–Kier alpha value is -2.40. The number of hydrogen-bond donors (Lipinski definition) is 1. The first-order valence-electron chi connectivity index (χ1n) is 9.42. The average molecular weight is 399 g/mol. The molecule has 0 saturated carbocycles. The second-order valence-corrected chi connectivity index (χ2v) is 11.6. The van der Waals surface area contributed by atoms with Crippen LogP contribution in [0.25, 0.3) is 5.57 Å². The molecule has 0 spiro atoms. The molecule has 0 amide bonds. The van der Waals surface area contributed by atoms with E-state index >= 15 is 0 Å². The number of nitrogens with zero attached hydrogens (tertiary/aromatic N) is 2. The minimum atomic E-state index is -1.20. The van der Waals surface area contributed by atoms with Crippen molar-refractivity contribution in [3.63, 3.8) is 0 Å². The second kappa shape index (κ2) is 7.55. The largest absolute Gasteiger partial charge is 0.481 e. The van der Waals surface area contributed by atoms with Gasteiger partial charge in [-0.3, -0.25) is 4.79 Å². The summed E-state index contributed by atoms with van der Waals surface area (Å²) in [6, 6.07) is 13.3. The van der Waals surface area contributed by atoms with E-state index in [-0.39, 0.29) is 6.42 Å². The molecule has 0 saturated heterocycles. The topological polar surface area (TPSA) is 43.8 Å². The number of aliphatic carboxylic acids is 1. The summed E-state index contributed by atoms with van der Waals surface area (Å²) in [6.45, 7) is 0. The van der Waals surface area contributed by atoms with Crippen molar-refractivity contribution in [3.05, 3.63) is 53.6 Å². The van der Waals surface area contributed by atoms with Gasteiger partial charge in [-0.15, -0.1) is 0 Å². The van der Waals surface area contributed by atoms with Crippen LogP contribution < -0.4 is 9.80 Å². The van der Waals surface area contributed by atoms with E-state index in [2.05, 4.69) is 93.0 Å². The van der Waals surface area contributed by atoms with E-state index in [0.29, 0.717) is 6.42 Å². The van der Waals surface area contributed by atoms with Gasteiger partial charge in [0, 0.05) is 55.8 Å². The molecule has 2 aromatic rings. The van der Waals surface area contributed by atoms with Crippen LogP contribution in [0, 0.1) is 0 Å². The molecule has 0 radical (unpaired) electrons. The Bertz CT molecular complexity index is 882. The van der Waals surface area contributed by atoms with Crippen molar-refractivity contribution in [3.8, 4) is 0 Å². The number of fused-ring (bicyclic) bond motifs is 2. The summed E-state index contributed by atoms with van der Waals surface area (Å²) in [5.41, 5.74) is 6.02. The molecule has 1 aliphatic heterocycles. The fourth-order valence-corrected chi connectivity index (χ4v) is 6.21. The number of carboxylic acids is 1. The molecule has 28 heavy (non-hydrogen) atoms. The maximum absolute atomic E-state index is 11.0. The Morgan fingerprint density at radius 3 is 1.79 bits per heavy atom. The van der Waals surface area contributed by atoms with Crippen molar-refractivity contribution in [1.29, 1.82) is 0 Å². The zero-order valence-corrected chi connectivity index (χ0v) is 18.4. The van der Waals surface area contributed by atoms with E-state index in [4.69, 9.17) is 5.11 Å². The summed E-state index contributed by atoms with van der Waals surface area (Å²) in [5, 5.41) is 9.08. The lowest BCUT2D eigenvalue weighted by Crippen LogP contribution is -2.15. The predicted molar refractivity (Wildman–Crippen MR) is 121 cm³/mol.